The highest BCUT2D eigenvalue weighted by Gasteiger charge is 2.18. The lowest BCUT2D eigenvalue weighted by molar-refractivity contribution is -0.145. The Morgan fingerprint density at radius 2 is 2.10 bits per heavy atom. The first-order valence-corrected chi connectivity index (χ1v) is 6.26. The van der Waals surface area contributed by atoms with E-state index in [-0.39, 0.29) is 24.8 Å². The maximum Gasteiger partial charge on any atom is 0.323 e. The van der Waals surface area contributed by atoms with E-state index in [1.54, 1.807) is 0 Å². The van der Waals surface area contributed by atoms with E-state index in [0.29, 0.717) is 6.54 Å². The number of nitrogens with zero attached hydrogens (tertiary/aromatic N) is 1. The minimum absolute atomic E-state index is 0.146. The number of carboxylic acid groups (broad SMARTS) is 1. The van der Waals surface area contributed by atoms with E-state index in [1.807, 2.05) is 13.8 Å². The molecule has 6 heteroatoms. The monoisotopic (exact) mass is 283 g/mol. The number of halogens is 1. The quantitative estimate of drug-likeness (QED) is 0.828. The lowest BCUT2D eigenvalue weighted by atomic mass is 10.2. The first kappa shape index (κ1) is 15.9. The molecule has 0 unspecified atom stereocenters. The van der Waals surface area contributed by atoms with Crippen molar-refractivity contribution in [1.82, 2.24) is 4.90 Å². The Hall–Kier alpha value is -2.11. The highest BCUT2D eigenvalue weighted by Crippen LogP contribution is 2.12. The summed E-state index contributed by atoms with van der Waals surface area (Å²) in [5.74, 6) is -1.60. The molecule has 0 aliphatic carbocycles. The van der Waals surface area contributed by atoms with Crippen molar-refractivity contribution in [3.8, 4) is 5.75 Å². The van der Waals surface area contributed by atoms with Gasteiger partial charge in [-0.1, -0.05) is 19.9 Å². The van der Waals surface area contributed by atoms with E-state index in [2.05, 4.69) is 0 Å². The van der Waals surface area contributed by atoms with E-state index in [0.717, 1.165) is 6.07 Å². The zero-order valence-electron chi connectivity index (χ0n) is 11.5. The van der Waals surface area contributed by atoms with Crippen LogP contribution in [0.2, 0.25) is 0 Å². The van der Waals surface area contributed by atoms with Crippen LogP contribution in [0.3, 0.4) is 0 Å². The van der Waals surface area contributed by atoms with E-state index < -0.39 is 17.7 Å². The maximum atomic E-state index is 12.9. The molecule has 5 nitrogen and oxygen atoms in total. The minimum atomic E-state index is -1.08. The number of ether oxygens (including phenoxy) is 1. The van der Waals surface area contributed by atoms with Crippen molar-refractivity contribution in [1.29, 1.82) is 0 Å². The van der Waals surface area contributed by atoms with Crippen LogP contribution in [0, 0.1) is 11.7 Å². The van der Waals surface area contributed by atoms with Crippen molar-refractivity contribution in [2.75, 3.05) is 19.7 Å². The van der Waals surface area contributed by atoms with Gasteiger partial charge in [0.25, 0.3) is 5.91 Å². The molecule has 0 atom stereocenters. The fourth-order valence-electron chi connectivity index (χ4n) is 1.65. The van der Waals surface area contributed by atoms with Crippen LogP contribution in [0.25, 0.3) is 0 Å². The van der Waals surface area contributed by atoms with Gasteiger partial charge in [-0.25, -0.2) is 4.39 Å². The van der Waals surface area contributed by atoms with E-state index in [4.69, 9.17) is 9.84 Å². The predicted molar refractivity (Wildman–Crippen MR) is 70.9 cm³/mol. The molecule has 0 bridgehead atoms. The number of hydrogen-bond donors (Lipinski definition) is 1. The molecule has 0 aliphatic rings. The fraction of sp³-hybridized carbons (Fsp3) is 0.429. The van der Waals surface area contributed by atoms with Crippen LogP contribution in [0.4, 0.5) is 4.39 Å². The van der Waals surface area contributed by atoms with Crippen LogP contribution < -0.4 is 4.74 Å². The Labute approximate surface area is 117 Å². The van der Waals surface area contributed by atoms with Gasteiger partial charge >= 0.3 is 5.97 Å². The van der Waals surface area contributed by atoms with Crippen LogP contribution in [0.1, 0.15) is 13.8 Å². The summed E-state index contributed by atoms with van der Waals surface area (Å²) in [6, 6.07) is 5.43. The number of carboxylic acids is 1. The first-order valence-electron chi connectivity index (χ1n) is 6.26. The summed E-state index contributed by atoms with van der Waals surface area (Å²) in [6.07, 6.45) is 0. The Balaban J connectivity index is 2.59. The summed E-state index contributed by atoms with van der Waals surface area (Å²) < 4.78 is 18.1. The average Bonchev–Trinajstić information content (AvgIpc) is 2.34. The van der Waals surface area contributed by atoms with Gasteiger partial charge < -0.3 is 14.7 Å². The lowest BCUT2D eigenvalue weighted by Crippen LogP contribution is -2.40. The highest BCUT2D eigenvalue weighted by atomic mass is 19.1. The molecule has 1 N–H and O–H groups in total. The van der Waals surface area contributed by atoms with Crippen LogP contribution in [0.15, 0.2) is 24.3 Å². The Bertz CT molecular complexity index is 476. The third-order valence-electron chi connectivity index (χ3n) is 2.42. The summed E-state index contributed by atoms with van der Waals surface area (Å²) >= 11 is 0. The van der Waals surface area contributed by atoms with Gasteiger partial charge in [0, 0.05) is 12.6 Å². The molecule has 110 valence electrons. The molecule has 1 aromatic carbocycles. The summed E-state index contributed by atoms with van der Waals surface area (Å²) in [6.45, 7) is 3.41. The molecule has 0 aromatic heterocycles. The molecule has 0 heterocycles. The molecule has 0 aliphatic heterocycles. The van der Waals surface area contributed by atoms with Crippen molar-refractivity contribution < 1.29 is 23.8 Å². The molecule has 0 spiro atoms. The summed E-state index contributed by atoms with van der Waals surface area (Å²) in [7, 11) is 0. The summed E-state index contributed by atoms with van der Waals surface area (Å²) in [5, 5.41) is 8.78. The van der Waals surface area contributed by atoms with Gasteiger partial charge in [0.15, 0.2) is 6.61 Å². The summed E-state index contributed by atoms with van der Waals surface area (Å²) in [4.78, 5) is 23.9. The maximum absolute atomic E-state index is 12.9. The van der Waals surface area contributed by atoms with Crippen LogP contribution in [-0.2, 0) is 9.59 Å². The molecular formula is C14H18FNO4. The van der Waals surface area contributed by atoms with Crippen LogP contribution in [0.5, 0.6) is 5.75 Å². The first-order chi connectivity index (χ1) is 9.38. The van der Waals surface area contributed by atoms with Crippen molar-refractivity contribution in [3.63, 3.8) is 0 Å². The second-order valence-electron chi connectivity index (χ2n) is 4.81. The van der Waals surface area contributed by atoms with Crippen molar-refractivity contribution in [2.45, 2.75) is 13.8 Å². The standard InChI is InChI=1S/C14H18FNO4/c1-10(2)7-16(8-14(18)19)13(17)9-20-12-5-3-4-11(15)6-12/h3-6,10H,7-9H2,1-2H3,(H,18,19). The third kappa shape index (κ3) is 5.69. The molecule has 0 saturated heterocycles. The largest absolute Gasteiger partial charge is 0.484 e. The van der Waals surface area contributed by atoms with Gasteiger partial charge in [-0.2, -0.15) is 0 Å². The van der Waals surface area contributed by atoms with Gasteiger partial charge in [-0.3, -0.25) is 9.59 Å². The number of rotatable bonds is 7. The second kappa shape index (κ2) is 7.47. The fourth-order valence-corrected chi connectivity index (χ4v) is 1.65. The number of carbonyl (C=O) groups excluding carboxylic acids is 1. The average molecular weight is 283 g/mol. The van der Waals surface area contributed by atoms with Crippen molar-refractivity contribution in [2.24, 2.45) is 5.92 Å². The topological polar surface area (TPSA) is 66.8 Å². The molecule has 20 heavy (non-hydrogen) atoms. The molecule has 1 amide bonds. The molecule has 1 rings (SSSR count). The Kier molecular flexibility index (Phi) is 5.96. The van der Waals surface area contributed by atoms with Gasteiger partial charge in [-0.15, -0.1) is 0 Å². The predicted octanol–water partition coefficient (Wildman–Crippen LogP) is 1.77. The van der Waals surface area contributed by atoms with E-state index >= 15 is 0 Å². The number of amides is 1. The third-order valence-corrected chi connectivity index (χ3v) is 2.42. The molecule has 0 fully saturated rings. The second-order valence-corrected chi connectivity index (χ2v) is 4.81. The number of benzene rings is 1. The number of hydrogen-bond acceptors (Lipinski definition) is 3. The van der Waals surface area contributed by atoms with Gasteiger partial charge in [0.1, 0.15) is 18.1 Å². The van der Waals surface area contributed by atoms with Crippen LogP contribution >= 0.6 is 0 Å². The van der Waals surface area contributed by atoms with Gasteiger partial charge in [0.2, 0.25) is 0 Å². The highest BCUT2D eigenvalue weighted by molar-refractivity contribution is 5.82. The lowest BCUT2D eigenvalue weighted by Gasteiger charge is -2.22. The Morgan fingerprint density at radius 3 is 2.65 bits per heavy atom. The van der Waals surface area contributed by atoms with Crippen molar-refractivity contribution >= 4 is 11.9 Å². The van der Waals surface area contributed by atoms with Crippen LogP contribution in [-0.4, -0.2) is 41.6 Å². The summed E-state index contributed by atoms with van der Waals surface area (Å²) in [5.41, 5.74) is 0. The number of aliphatic carboxylic acids is 1. The van der Waals surface area contributed by atoms with Gasteiger partial charge in [0.05, 0.1) is 0 Å². The number of carbonyl (C=O) groups is 2. The van der Waals surface area contributed by atoms with Gasteiger partial charge in [-0.05, 0) is 18.1 Å². The normalized spacial score (nSPS) is 10.4. The molecule has 0 saturated carbocycles. The molecule has 1 aromatic rings. The minimum Gasteiger partial charge on any atom is -0.484 e. The van der Waals surface area contributed by atoms with E-state index in [1.165, 1.54) is 23.1 Å². The SMILES string of the molecule is CC(C)CN(CC(=O)O)C(=O)COc1cccc(F)c1. The zero-order chi connectivity index (χ0) is 15.1. The zero-order valence-corrected chi connectivity index (χ0v) is 11.5. The molecular weight excluding hydrogens is 265 g/mol. The van der Waals surface area contributed by atoms with Crippen molar-refractivity contribution in [3.05, 3.63) is 30.1 Å². The Morgan fingerprint density at radius 1 is 1.40 bits per heavy atom. The smallest absolute Gasteiger partial charge is 0.323 e. The molecule has 0 radical (unpaired) electrons. The van der Waals surface area contributed by atoms with E-state index in [9.17, 15) is 14.0 Å².